The highest BCUT2D eigenvalue weighted by Crippen LogP contribution is 2.20. The molecule has 0 bridgehead atoms. The van der Waals surface area contributed by atoms with Gasteiger partial charge in [-0.25, -0.2) is 0 Å². The van der Waals surface area contributed by atoms with Crippen molar-refractivity contribution in [2.45, 2.75) is 0 Å². The third-order valence-electron chi connectivity index (χ3n) is 1.89. The number of benzene rings is 2. The van der Waals surface area contributed by atoms with Crippen molar-refractivity contribution in [3.63, 3.8) is 0 Å². The molecular weight excluding hydrogens is 166 g/mol. The molecule has 0 fully saturated rings. The first kappa shape index (κ1) is 7.69. The first-order valence-electron chi connectivity index (χ1n) is 3.72. The molecule has 2 radical (unpaired) electrons. The van der Waals surface area contributed by atoms with E-state index in [2.05, 4.69) is 0 Å². The minimum Gasteiger partial charge on any atom is -0.0875 e. The fraction of sp³-hybridized carbons (Fsp3) is 0. The fourth-order valence-electron chi connectivity index (χ4n) is 1.32. The van der Waals surface area contributed by atoms with Crippen molar-refractivity contribution in [1.82, 2.24) is 0 Å². The van der Waals surface area contributed by atoms with E-state index in [1.165, 1.54) is 0 Å². The maximum atomic E-state index is 5.98. The van der Waals surface area contributed by atoms with Crippen LogP contribution in [0, 0.1) is 0 Å². The van der Waals surface area contributed by atoms with E-state index in [0.29, 0.717) is 5.02 Å². The van der Waals surface area contributed by atoms with Crippen molar-refractivity contribution >= 4 is 35.7 Å². The fourth-order valence-corrected chi connectivity index (χ4v) is 1.61. The van der Waals surface area contributed by atoms with Crippen molar-refractivity contribution in [2.24, 2.45) is 0 Å². The van der Waals surface area contributed by atoms with Crippen LogP contribution in [0.15, 0.2) is 36.4 Å². The van der Waals surface area contributed by atoms with E-state index in [9.17, 15) is 0 Å². The lowest BCUT2D eigenvalue weighted by Crippen LogP contribution is -2.02. The molecule has 0 saturated heterocycles. The average molecular weight is 172 g/mol. The summed E-state index contributed by atoms with van der Waals surface area (Å²) in [6.45, 7) is 0. The zero-order valence-corrected chi connectivity index (χ0v) is 7.18. The van der Waals surface area contributed by atoms with Gasteiger partial charge in [0.05, 0.1) is 0 Å². The Morgan fingerprint density at radius 2 is 1.67 bits per heavy atom. The second-order valence-corrected chi connectivity index (χ2v) is 3.09. The van der Waals surface area contributed by atoms with Crippen LogP contribution >= 0.6 is 11.6 Å². The molecule has 12 heavy (non-hydrogen) atoms. The molecule has 0 aromatic heterocycles. The maximum absolute atomic E-state index is 5.98. The van der Waals surface area contributed by atoms with E-state index >= 15 is 0 Å². The van der Waals surface area contributed by atoms with Gasteiger partial charge in [-0.3, -0.25) is 0 Å². The summed E-state index contributed by atoms with van der Waals surface area (Å²) in [4.78, 5) is 0. The number of halogens is 1. The monoisotopic (exact) mass is 172 g/mol. The Hall–Kier alpha value is -0.945. The van der Waals surface area contributed by atoms with Gasteiger partial charge in [-0.2, -0.15) is 0 Å². The van der Waals surface area contributed by atoms with Crippen LogP contribution in [0.3, 0.4) is 0 Å². The lowest BCUT2D eigenvalue weighted by Gasteiger charge is -2.02. The zero-order valence-electron chi connectivity index (χ0n) is 6.42. The average Bonchev–Trinajstić information content (AvgIpc) is 2.04. The van der Waals surface area contributed by atoms with Crippen LogP contribution in [0.5, 0.6) is 0 Å². The molecule has 0 unspecified atom stereocenters. The predicted octanol–water partition coefficient (Wildman–Crippen LogP) is 2.29. The van der Waals surface area contributed by atoms with Gasteiger partial charge in [0.25, 0.3) is 0 Å². The quantitative estimate of drug-likeness (QED) is 0.535. The third-order valence-corrected chi connectivity index (χ3v) is 2.20. The van der Waals surface area contributed by atoms with Gasteiger partial charge in [0.2, 0.25) is 0 Å². The first-order valence-corrected chi connectivity index (χ1v) is 4.09. The van der Waals surface area contributed by atoms with E-state index in [1.54, 1.807) is 0 Å². The Kier molecular flexibility index (Phi) is 1.82. The topological polar surface area (TPSA) is 0 Å². The lowest BCUT2D eigenvalue weighted by molar-refractivity contribution is 1.78. The molecule has 2 aromatic carbocycles. The molecule has 2 aromatic rings. The highest BCUT2D eigenvalue weighted by molar-refractivity contribution is 6.45. The molecule has 56 valence electrons. The largest absolute Gasteiger partial charge is 0.114 e. The van der Waals surface area contributed by atoms with Gasteiger partial charge in [0.1, 0.15) is 7.85 Å². The molecular formula is C10H6BCl. The summed E-state index contributed by atoms with van der Waals surface area (Å²) in [7, 11) is 5.77. The lowest BCUT2D eigenvalue weighted by atomic mass is 9.90. The normalized spacial score (nSPS) is 10.4. The van der Waals surface area contributed by atoms with Crippen molar-refractivity contribution in [2.75, 3.05) is 0 Å². The molecule has 0 heterocycles. The maximum Gasteiger partial charge on any atom is 0.114 e. The van der Waals surface area contributed by atoms with Crippen molar-refractivity contribution < 1.29 is 0 Å². The number of hydrogen-bond acceptors (Lipinski definition) is 0. The highest BCUT2D eigenvalue weighted by Gasteiger charge is 1.98. The molecule has 0 N–H and O–H groups in total. The van der Waals surface area contributed by atoms with Crippen LogP contribution in [0.4, 0.5) is 0 Å². The molecule has 0 spiro atoms. The minimum absolute atomic E-state index is 0.714. The van der Waals surface area contributed by atoms with Crippen LogP contribution in [0.25, 0.3) is 10.8 Å². The number of rotatable bonds is 0. The van der Waals surface area contributed by atoms with Crippen molar-refractivity contribution in [3.05, 3.63) is 41.4 Å². The molecule has 0 nitrogen and oxygen atoms in total. The van der Waals surface area contributed by atoms with E-state index in [-0.39, 0.29) is 0 Å². The van der Waals surface area contributed by atoms with Gasteiger partial charge in [0, 0.05) is 5.02 Å². The number of fused-ring (bicyclic) bond motifs is 1. The smallest absolute Gasteiger partial charge is 0.0875 e. The van der Waals surface area contributed by atoms with Crippen LogP contribution in [-0.4, -0.2) is 7.85 Å². The molecule has 2 rings (SSSR count). The van der Waals surface area contributed by atoms with Gasteiger partial charge in [-0.05, 0) is 16.8 Å². The summed E-state index contributed by atoms with van der Waals surface area (Å²) in [5, 5.41) is 2.75. The van der Waals surface area contributed by atoms with Gasteiger partial charge in [0.15, 0.2) is 0 Å². The van der Waals surface area contributed by atoms with Gasteiger partial charge >= 0.3 is 0 Å². The highest BCUT2D eigenvalue weighted by atomic mass is 35.5. The van der Waals surface area contributed by atoms with E-state index in [4.69, 9.17) is 19.4 Å². The molecule has 0 aliphatic carbocycles. The van der Waals surface area contributed by atoms with Crippen LogP contribution in [0.2, 0.25) is 5.02 Å². The Labute approximate surface area is 77.6 Å². The predicted molar refractivity (Wildman–Crippen MR) is 54.3 cm³/mol. The Morgan fingerprint density at radius 3 is 2.33 bits per heavy atom. The molecule has 0 saturated carbocycles. The van der Waals surface area contributed by atoms with E-state index < -0.39 is 0 Å². The SMILES string of the molecule is [B]c1cccc2cccc(Cl)c12. The standard InChI is InChI=1S/C10H6BCl/c11-8-5-1-3-7-4-2-6-9(12)10(7)8/h1-6H. The van der Waals surface area contributed by atoms with Crippen molar-refractivity contribution in [3.8, 4) is 0 Å². The summed E-state index contributed by atoms with van der Waals surface area (Å²) >= 11 is 5.98. The molecule has 0 atom stereocenters. The van der Waals surface area contributed by atoms with E-state index in [0.717, 1.165) is 16.2 Å². The molecule has 0 aliphatic heterocycles. The third kappa shape index (κ3) is 1.11. The summed E-state index contributed by atoms with van der Waals surface area (Å²) in [6.07, 6.45) is 0. The Balaban J connectivity index is 2.96. The second kappa shape index (κ2) is 2.83. The second-order valence-electron chi connectivity index (χ2n) is 2.69. The van der Waals surface area contributed by atoms with Gasteiger partial charge in [-0.15, -0.1) is 0 Å². The number of hydrogen-bond donors (Lipinski definition) is 0. The molecule has 2 heteroatoms. The summed E-state index contributed by atoms with van der Waals surface area (Å²) in [5.41, 5.74) is 0.734. The van der Waals surface area contributed by atoms with Gasteiger partial charge < -0.3 is 0 Å². The summed E-state index contributed by atoms with van der Waals surface area (Å²) in [5.74, 6) is 0. The van der Waals surface area contributed by atoms with Crippen molar-refractivity contribution in [1.29, 1.82) is 0 Å². The zero-order chi connectivity index (χ0) is 8.55. The Bertz CT molecular complexity index is 386. The van der Waals surface area contributed by atoms with Crippen LogP contribution < -0.4 is 5.46 Å². The summed E-state index contributed by atoms with van der Waals surface area (Å²) < 4.78 is 0. The Morgan fingerprint density at radius 1 is 1.00 bits per heavy atom. The van der Waals surface area contributed by atoms with Crippen LogP contribution in [0.1, 0.15) is 0 Å². The van der Waals surface area contributed by atoms with Crippen LogP contribution in [-0.2, 0) is 0 Å². The first-order chi connectivity index (χ1) is 5.79. The van der Waals surface area contributed by atoms with Gasteiger partial charge in [-0.1, -0.05) is 47.4 Å². The molecule has 0 aliphatic rings. The minimum atomic E-state index is 0.714. The summed E-state index contributed by atoms with van der Waals surface area (Å²) in [6, 6.07) is 11.5. The van der Waals surface area contributed by atoms with E-state index in [1.807, 2.05) is 36.4 Å². The molecule has 0 amide bonds.